The number of phenols is 3. The Kier molecular flexibility index (Phi) is 3.46. The van der Waals surface area contributed by atoms with Gasteiger partial charge in [0, 0.05) is 6.07 Å². The van der Waals surface area contributed by atoms with Crippen LogP contribution in [-0.2, 0) is 0 Å². The molecule has 0 aliphatic heterocycles. The molecule has 0 fully saturated rings. The predicted octanol–water partition coefficient (Wildman–Crippen LogP) is 2.71. The third-order valence-electron chi connectivity index (χ3n) is 3.16. The molecule has 1 aromatic heterocycles. The Morgan fingerprint density at radius 1 is 1.04 bits per heavy atom. The van der Waals surface area contributed by atoms with Gasteiger partial charge in [-0.2, -0.15) is 0 Å². The van der Waals surface area contributed by atoms with Crippen molar-refractivity contribution in [3.8, 4) is 34.7 Å². The molecule has 0 radical (unpaired) electrons. The van der Waals surface area contributed by atoms with Gasteiger partial charge in [-0.05, 0) is 24.3 Å². The molecule has 0 spiro atoms. The second-order valence-corrected chi connectivity index (χ2v) is 4.68. The average Bonchev–Trinajstić information content (AvgIpc) is 2.49. The normalized spacial score (nSPS) is 10.7. The first-order chi connectivity index (χ1) is 11.0. The summed E-state index contributed by atoms with van der Waals surface area (Å²) in [6, 6.07) is 8.02. The molecule has 1 heterocycles. The van der Waals surface area contributed by atoms with Crippen molar-refractivity contribution in [1.82, 2.24) is 0 Å². The summed E-state index contributed by atoms with van der Waals surface area (Å²) < 4.78 is 15.6. The highest BCUT2D eigenvalue weighted by molar-refractivity contribution is 5.88. The smallest absolute Gasteiger partial charge is 0.294 e. The number of phenolic OH excluding ortho intramolecular Hbond substituents is 3. The van der Waals surface area contributed by atoms with Crippen LogP contribution in [0, 0.1) is 0 Å². The molecule has 0 unspecified atom stereocenters. The van der Waals surface area contributed by atoms with E-state index in [4.69, 9.17) is 13.9 Å². The van der Waals surface area contributed by atoms with Crippen LogP contribution in [0.1, 0.15) is 0 Å². The van der Waals surface area contributed by atoms with Crippen molar-refractivity contribution in [3.63, 3.8) is 0 Å². The van der Waals surface area contributed by atoms with Crippen LogP contribution >= 0.6 is 0 Å². The summed E-state index contributed by atoms with van der Waals surface area (Å²) in [4.78, 5) is 12.2. The average molecular weight is 316 g/mol. The van der Waals surface area contributed by atoms with Gasteiger partial charge in [-0.3, -0.25) is 4.79 Å². The summed E-state index contributed by atoms with van der Waals surface area (Å²) >= 11 is 0. The molecule has 23 heavy (non-hydrogen) atoms. The molecule has 3 aromatic rings. The number of ether oxygens (including phenoxy) is 2. The van der Waals surface area contributed by atoms with E-state index in [1.165, 1.54) is 31.4 Å². The van der Waals surface area contributed by atoms with Crippen molar-refractivity contribution in [3.05, 3.63) is 46.6 Å². The minimum atomic E-state index is -0.559. The molecule has 0 amide bonds. The number of hydrogen-bond acceptors (Lipinski definition) is 7. The summed E-state index contributed by atoms with van der Waals surface area (Å²) in [6.45, 7) is 0. The maximum Gasteiger partial charge on any atom is 0.294 e. The second kappa shape index (κ2) is 5.45. The molecule has 0 saturated carbocycles. The van der Waals surface area contributed by atoms with Crippen molar-refractivity contribution in [2.45, 2.75) is 0 Å². The van der Waals surface area contributed by atoms with Crippen LogP contribution in [0.4, 0.5) is 0 Å². The highest BCUT2D eigenvalue weighted by Gasteiger charge is 2.18. The first kappa shape index (κ1) is 14.6. The van der Waals surface area contributed by atoms with Gasteiger partial charge in [0.05, 0.1) is 13.2 Å². The van der Waals surface area contributed by atoms with E-state index < -0.39 is 11.2 Å². The number of fused-ring (bicyclic) bond motifs is 1. The van der Waals surface area contributed by atoms with Gasteiger partial charge >= 0.3 is 0 Å². The van der Waals surface area contributed by atoms with E-state index in [9.17, 15) is 20.1 Å². The standard InChI is InChI=1S/C16H12O7/c1-21-16-11(19)6-12-14(15(16)20)10(18)7-13(23-12)22-9-4-2-8(17)3-5-9/h2-7,17,19-20H,1H3. The first-order valence-corrected chi connectivity index (χ1v) is 6.53. The molecule has 7 heteroatoms. The van der Waals surface area contributed by atoms with Gasteiger partial charge in [0.1, 0.15) is 22.5 Å². The molecule has 3 N–H and O–H groups in total. The van der Waals surface area contributed by atoms with Gasteiger partial charge in [-0.1, -0.05) is 0 Å². The summed E-state index contributed by atoms with van der Waals surface area (Å²) in [7, 11) is 1.25. The van der Waals surface area contributed by atoms with Crippen molar-refractivity contribution < 1.29 is 29.2 Å². The van der Waals surface area contributed by atoms with Crippen molar-refractivity contribution in [2.24, 2.45) is 0 Å². The lowest BCUT2D eigenvalue weighted by Gasteiger charge is -2.09. The third-order valence-corrected chi connectivity index (χ3v) is 3.16. The van der Waals surface area contributed by atoms with E-state index in [2.05, 4.69) is 0 Å². The Labute approximate surface area is 129 Å². The van der Waals surface area contributed by atoms with E-state index in [0.717, 1.165) is 12.1 Å². The zero-order chi connectivity index (χ0) is 16.6. The van der Waals surface area contributed by atoms with Gasteiger partial charge < -0.3 is 29.2 Å². The van der Waals surface area contributed by atoms with E-state index in [1.54, 1.807) is 0 Å². The maximum absolute atomic E-state index is 12.2. The Bertz CT molecular complexity index is 926. The number of benzene rings is 2. The lowest BCUT2D eigenvalue weighted by Crippen LogP contribution is -2.02. The van der Waals surface area contributed by atoms with E-state index in [-0.39, 0.29) is 34.2 Å². The Hall–Kier alpha value is -3.35. The number of rotatable bonds is 3. The quantitative estimate of drug-likeness (QED) is 0.681. The molecule has 3 rings (SSSR count). The molecule has 0 saturated heterocycles. The van der Waals surface area contributed by atoms with Crippen molar-refractivity contribution >= 4 is 11.0 Å². The summed E-state index contributed by atoms with van der Waals surface area (Å²) in [5, 5.41) is 28.9. The van der Waals surface area contributed by atoms with Crippen LogP contribution in [0.25, 0.3) is 11.0 Å². The molecular formula is C16H12O7. The van der Waals surface area contributed by atoms with Gasteiger partial charge in [0.25, 0.3) is 5.95 Å². The molecule has 0 bridgehead atoms. The first-order valence-electron chi connectivity index (χ1n) is 6.53. The number of hydrogen-bond donors (Lipinski definition) is 3. The van der Waals surface area contributed by atoms with Crippen molar-refractivity contribution in [1.29, 1.82) is 0 Å². The monoisotopic (exact) mass is 316 g/mol. The Morgan fingerprint density at radius 3 is 2.39 bits per heavy atom. The van der Waals surface area contributed by atoms with Gasteiger partial charge in [0.2, 0.25) is 11.2 Å². The second-order valence-electron chi connectivity index (χ2n) is 4.68. The van der Waals surface area contributed by atoms with Crippen LogP contribution in [0.2, 0.25) is 0 Å². The zero-order valence-corrected chi connectivity index (χ0v) is 11.9. The fraction of sp³-hybridized carbons (Fsp3) is 0.0625. The lowest BCUT2D eigenvalue weighted by molar-refractivity contribution is 0.339. The van der Waals surface area contributed by atoms with E-state index in [0.29, 0.717) is 5.75 Å². The molecule has 7 nitrogen and oxygen atoms in total. The molecule has 0 aliphatic rings. The van der Waals surface area contributed by atoms with E-state index in [1.807, 2.05) is 0 Å². The van der Waals surface area contributed by atoms with Crippen LogP contribution < -0.4 is 14.9 Å². The minimum Gasteiger partial charge on any atom is -0.508 e. The topological polar surface area (TPSA) is 109 Å². The predicted molar refractivity (Wildman–Crippen MR) is 80.5 cm³/mol. The zero-order valence-electron chi connectivity index (χ0n) is 11.9. The van der Waals surface area contributed by atoms with Crippen LogP contribution in [0.3, 0.4) is 0 Å². The van der Waals surface area contributed by atoms with Gasteiger partial charge in [-0.25, -0.2) is 0 Å². The Morgan fingerprint density at radius 2 is 1.74 bits per heavy atom. The van der Waals surface area contributed by atoms with E-state index >= 15 is 0 Å². The highest BCUT2D eigenvalue weighted by atomic mass is 16.6. The van der Waals surface area contributed by atoms with Crippen LogP contribution in [-0.4, -0.2) is 22.4 Å². The molecule has 0 aliphatic carbocycles. The molecular weight excluding hydrogens is 304 g/mol. The fourth-order valence-corrected chi connectivity index (χ4v) is 2.13. The lowest BCUT2D eigenvalue weighted by atomic mass is 10.2. The number of aromatic hydroxyl groups is 3. The number of methoxy groups -OCH3 is 1. The minimum absolute atomic E-state index is 0.0536. The molecule has 0 atom stereocenters. The fourth-order valence-electron chi connectivity index (χ4n) is 2.13. The largest absolute Gasteiger partial charge is 0.508 e. The van der Waals surface area contributed by atoms with Crippen molar-refractivity contribution in [2.75, 3.05) is 7.11 Å². The highest BCUT2D eigenvalue weighted by Crippen LogP contribution is 2.41. The van der Waals surface area contributed by atoms with Crippen LogP contribution in [0.15, 0.2) is 45.6 Å². The SMILES string of the molecule is COc1c(O)cc2oc(Oc3ccc(O)cc3)cc(=O)c2c1O. The maximum atomic E-state index is 12.2. The summed E-state index contributed by atoms with van der Waals surface area (Å²) in [5.74, 6) is -0.810. The molecule has 2 aromatic carbocycles. The third kappa shape index (κ3) is 2.59. The van der Waals surface area contributed by atoms with Crippen LogP contribution in [0.5, 0.6) is 34.7 Å². The summed E-state index contributed by atoms with van der Waals surface area (Å²) in [6.07, 6.45) is 0. The van der Waals surface area contributed by atoms with Gasteiger partial charge in [0.15, 0.2) is 11.5 Å². The van der Waals surface area contributed by atoms with Gasteiger partial charge in [-0.15, -0.1) is 0 Å². The summed E-state index contributed by atoms with van der Waals surface area (Å²) in [5.41, 5.74) is -0.613. The Balaban J connectivity index is 2.11. The molecule has 118 valence electrons.